The molecule has 0 fully saturated rings. The molecule has 38 heavy (non-hydrogen) atoms. The normalized spacial score (nSPS) is 10.3. The van der Waals surface area contributed by atoms with E-state index < -0.39 is 11.9 Å². The maximum Gasteiger partial charge on any atom is 0.330 e. The van der Waals surface area contributed by atoms with Crippen LogP contribution in [0.2, 0.25) is 0 Å². The van der Waals surface area contributed by atoms with Crippen LogP contribution in [0.15, 0.2) is 104 Å². The summed E-state index contributed by atoms with van der Waals surface area (Å²) in [5, 5.41) is 0. The van der Waals surface area contributed by atoms with Crippen LogP contribution >= 0.6 is 0 Å². The molecule has 3 rings (SSSR count). The summed E-state index contributed by atoms with van der Waals surface area (Å²) in [4.78, 5) is 24.4. The fraction of sp³-hybridized carbons (Fsp3) is 0.226. The van der Waals surface area contributed by atoms with Crippen molar-refractivity contribution in [2.75, 3.05) is 37.9 Å². The summed E-state index contributed by atoms with van der Waals surface area (Å²) in [6.45, 7) is 8.31. The number of aryl methyl sites for hydroxylation is 1. The van der Waals surface area contributed by atoms with Crippen LogP contribution in [0.25, 0.3) is 0 Å². The summed E-state index contributed by atoms with van der Waals surface area (Å²) in [6, 6.07) is 26.4. The second-order valence-corrected chi connectivity index (χ2v) is 8.14. The molecule has 7 nitrogen and oxygen atoms in total. The fourth-order valence-corrected chi connectivity index (χ4v) is 3.67. The van der Waals surface area contributed by atoms with Gasteiger partial charge in [-0.1, -0.05) is 43.5 Å². The first-order chi connectivity index (χ1) is 18.6. The van der Waals surface area contributed by atoms with E-state index >= 15 is 0 Å². The van der Waals surface area contributed by atoms with Gasteiger partial charge < -0.3 is 23.8 Å². The Morgan fingerprint density at radius 3 is 2.00 bits per heavy atom. The van der Waals surface area contributed by atoms with Gasteiger partial charge in [-0.3, -0.25) is 0 Å². The lowest BCUT2D eigenvalue weighted by Crippen LogP contribution is -2.11. The largest absolute Gasteiger partial charge is 0.490 e. The zero-order chi connectivity index (χ0) is 27.0. The topological polar surface area (TPSA) is 74.3 Å². The van der Waals surface area contributed by atoms with Crippen molar-refractivity contribution >= 4 is 29.0 Å². The van der Waals surface area contributed by atoms with Crippen LogP contribution in [0, 0.1) is 0 Å². The molecule has 0 aliphatic rings. The zero-order valence-electron chi connectivity index (χ0n) is 21.4. The van der Waals surface area contributed by atoms with Crippen molar-refractivity contribution in [3.63, 3.8) is 0 Å². The molecule has 0 heterocycles. The van der Waals surface area contributed by atoms with Crippen LogP contribution in [-0.4, -0.2) is 45.0 Å². The standard InChI is InChI=1S/C31H33NO6/c1-3-30(33)37-21-20-35-19-9-11-25-10-8-14-28(24-25)32(26-12-6-5-7-13-26)27-15-17-29(18-16-27)36-22-23-38-31(34)4-2/h3-8,10,12-18,24H,1-2,9,11,19-23H2. The van der Waals surface area contributed by atoms with Crippen LogP contribution in [0.4, 0.5) is 17.1 Å². The number of ether oxygens (including phenoxy) is 4. The van der Waals surface area contributed by atoms with Gasteiger partial charge in [-0.2, -0.15) is 0 Å². The maximum absolute atomic E-state index is 11.2. The first-order valence-electron chi connectivity index (χ1n) is 12.4. The third-order valence-electron chi connectivity index (χ3n) is 5.43. The molecule has 7 heteroatoms. The van der Waals surface area contributed by atoms with E-state index in [1.165, 1.54) is 5.56 Å². The Hall–Kier alpha value is -4.36. The van der Waals surface area contributed by atoms with Crippen molar-refractivity contribution in [2.24, 2.45) is 0 Å². The predicted molar refractivity (Wildman–Crippen MR) is 148 cm³/mol. The SMILES string of the molecule is C=CC(=O)OCCOCCCc1cccc(N(c2ccccc2)c2ccc(OCCOC(=O)C=C)cc2)c1. The second-order valence-electron chi connectivity index (χ2n) is 8.14. The average Bonchev–Trinajstić information content (AvgIpc) is 2.96. The number of benzene rings is 3. The summed E-state index contributed by atoms with van der Waals surface area (Å²) in [7, 11) is 0. The maximum atomic E-state index is 11.2. The molecule has 0 saturated heterocycles. The third-order valence-corrected chi connectivity index (χ3v) is 5.43. The highest BCUT2D eigenvalue weighted by Crippen LogP contribution is 2.35. The number of para-hydroxylation sites is 1. The molecule has 0 amide bonds. The third kappa shape index (κ3) is 9.26. The predicted octanol–water partition coefficient (Wildman–Crippen LogP) is 5.94. The van der Waals surface area contributed by atoms with Gasteiger partial charge in [0.25, 0.3) is 0 Å². The molecule has 0 N–H and O–H groups in total. The van der Waals surface area contributed by atoms with Crippen LogP contribution in [0.3, 0.4) is 0 Å². The van der Waals surface area contributed by atoms with E-state index in [-0.39, 0.29) is 19.8 Å². The Morgan fingerprint density at radius 1 is 0.684 bits per heavy atom. The molecule has 0 aromatic heterocycles. The van der Waals surface area contributed by atoms with Crippen LogP contribution < -0.4 is 9.64 Å². The summed E-state index contributed by atoms with van der Waals surface area (Å²) < 4.78 is 21.1. The van der Waals surface area contributed by atoms with Crippen molar-refractivity contribution in [2.45, 2.75) is 12.8 Å². The Balaban J connectivity index is 1.63. The number of hydrogen-bond acceptors (Lipinski definition) is 7. The van der Waals surface area contributed by atoms with Gasteiger partial charge in [0.05, 0.1) is 6.61 Å². The molecule has 198 valence electrons. The molecule has 0 aliphatic heterocycles. The number of esters is 2. The van der Waals surface area contributed by atoms with E-state index in [0.29, 0.717) is 19.0 Å². The number of carbonyl (C=O) groups is 2. The highest BCUT2D eigenvalue weighted by atomic mass is 16.6. The van der Waals surface area contributed by atoms with E-state index in [0.717, 1.165) is 42.1 Å². The van der Waals surface area contributed by atoms with E-state index in [4.69, 9.17) is 18.9 Å². The van der Waals surface area contributed by atoms with E-state index in [2.05, 4.69) is 54.5 Å². The van der Waals surface area contributed by atoms with Gasteiger partial charge in [0.15, 0.2) is 0 Å². The molecule has 0 spiro atoms. The molecule has 0 unspecified atom stereocenters. The molecule has 0 bridgehead atoms. The molecular formula is C31H33NO6. The van der Waals surface area contributed by atoms with Gasteiger partial charge in [-0.05, 0) is 66.9 Å². The average molecular weight is 516 g/mol. The van der Waals surface area contributed by atoms with Crippen molar-refractivity contribution in [1.82, 2.24) is 0 Å². The minimum Gasteiger partial charge on any atom is -0.490 e. The minimum absolute atomic E-state index is 0.156. The number of anilines is 3. The lowest BCUT2D eigenvalue weighted by molar-refractivity contribution is -0.139. The summed E-state index contributed by atoms with van der Waals surface area (Å²) in [6.07, 6.45) is 3.97. The Kier molecular flexibility index (Phi) is 11.6. The molecular weight excluding hydrogens is 482 g/mol. The monoisotopic (exact) mass is 515 g/mol. The number of nitrogens with zero attached hydrogens (tertiary/aromatic N) is 1. The van der Waals surface area contributed by atoms with Gasteiger partial charge >= 0.3 is 11.9 Å². The molecule has 0 saturated carbocycles. The number of rotatable bonds is 16. The smallest absolute Gasteiger partial charge is 0.330 e. The van der Waals surface area contributed by atoms with Gasteiger partial charge in [-0.15, -0.1) is 0 Å². The van der Waals surface area contributed by atoms with Gasteiger partial charge in [0, 0.05) is 35.8 Å². The zero-order valence-corrected chi connectivity index (χ0v) is 21.4. The van der Waals surface area contributed by atoms with E-state index in [1.54, 1.807) is 0 Å². The Labute approximate surface area is 223 Å². The van der Waals surface area contributed by atoms with Crippen molar-refractivity contribution in [3.05, 3.63) is 110 Å². The highest BCUT2D eigenvalue weighted by molar-refractivity contribution is 5.81. The van der Waals surface area contributed by atoms with Gasteiger partial charge in [0.1, 0.15) is 25.6 Å². The van der Waals surface area contributed by atoms with Crippen molar-refractivity contribution in [3.8, 4) is 5.75 Å². The molecule has 0 aliphatic carbocycles. The molecule has 3 aromatic carbocycles. The first-order valence-corrected chi connectivity index (χ1v) is 12.4. The summed E-state index contributed by atoms with van der Waals surface area (Å²) in [5.74, 6) is -0.227. The van der Waals surface area contributed by atoms with Crippen LogP contribution in [0.1, 0.15) is 12.0 Å². The summed E-state index contributed by atoms with van der Waals surface area (Å²) in [5.41, 5.74) is 4.25. The van der Waals surface area contributed by atoms with Gasteiger partial charge in [-0.25, -0.2) is 9.59 Å². The lowest BCUT2D eigenvalue weighted by Gasteiger charge is -2.26. The van der Waals surface area contributed by atoms with E-state index in [1.807, 2.05) is 42.5 Å². The second kappa shape index (κ2) is 15.7. The van der Waals surface area contributed by atoms with Crippen molar-refractivity contribution in [1.29, 1.82) is 0 Å². The first kappa shape index (κ1) is 28.2. The van der Waals surface area contributed by atoms with E-state index in [9.17, 15) is 9.59 Å². The van der Waals surface area contributed by atoms with Crippen LogP contribution in [0.5, 0.6) is 5.75 Å². The van der Waals surface area contributed by atoms with Crippen molar-refractivity contribution < 1.29 is 28.5 Å². The lowest BCUT2D eigenvalue weighted by atomic mass is 10.1. The summed E-state index contributed by atoms with van der Waals surface area (Å²) >= 11 is 0. The number of carbonyl (C=O) groups excluding carboxylic acids is 2. The molecule has 0 radical (unpaired) electrons. The minimum atomic E-state index is -0.469. The fourth-order valence-electron chi connectivity index (χ4n) is 3.67. The van der Waals surface area contributed by atoms with Crippen LogP contribution in [-0.2, 0) is 30.2 Å². The van der Waals surface area contributed by atoms with Gasteiger partial charge in [0.2, 0.25) is 0 Å². The highest BCUT2D eigenvalue weighted by Gasteiger charge is 2.13. The Bertz CT molecular complexity index is 1180. The Morgan fingerprint density at radius 2 is 1.32 bits per heavy atom. The molecule has 3 aromatic rings. The molecule has 0 atom stereocenters. The quantitative estimate of drug-likeness (QED) is 0.133. The number of hydrogen-bond donors (Lipinski definition) is 0.